The minimum absolute atomic E-state index is 0.0354. The zero-order valence-corrected chi connectivity index (χ0v) is 14.9. The number of morpholine rings is 1. The predicted octanol–water partition coefficient (Wildman–Crippen LogP) is 1.87. The molecular weight excluding hydrogens is 316 g/mol. The summed E-state index contributed by atoms with van der Waals surface area (Å²) in [7, 11) is 1.92. The molecule has 0 aliphatic carbocycles. The van der Waals surface area contributed by atoms with Crippen molar-refractivity contribution in [3.05, 3.63) is 41.3 Å². The van der Waals surface area contributed by atoms with Gasteiger partial charge in [-0.3, -0.25) is 9.58 Å². The molecular formula is C18H24N6O. The van der Waals surface area contributed by atoms with Crippen LogP contribution >= 0.6 is 0 Å². The molecule has 7 heteroatoms. The Bertz CT molecular complexity index is 765. The first kappa shape index (κ1) is 17.4. The largest absolute Gasteiger partial charge is 0.373 e. The molecule has 2 aromatic heterocycles. The van der Waals surface area contributed by atoms with E-state index in [4.69, 9.17) is 4.74 Å². The first-order chi connectivity index (χ1) is 12.1. The van der Waals surface area contributed by atoms with Crippen molar-refractivity contribution in [2.24, 2.45) is 7.05 Å². The molecule has 1 aliphatic heterocycles. The molecule has 0 saturated carbocycles. The smallest absolute Gasteiger partial charge is 0.144 e. The Kier molecular flexibility index (Phi) is 5.31. The monoisotopic (exact) mass is 340 g/mol. The van der Waals surface area contributed by atoms with Crippen molar-refractivity contribution in [1.29, 1.82) is 5.26 Å². The third-order valence-electron chi connectivity index (χ3n) is 4.55. The highest BCUT2D eigenvalue weighted by atomic mass is 16.5. The van der Waals surface area contributed by atoms with Crippen LogP contribution in [0.4, 0.5) is 5.82 Å². The molecule has 132 valence electrons. The van der Waals surface area contributed by atoms with Crippen LogP contribution in [-0.2, 0) is 11.8 Å². The van der Waals surface area contributed by atoms with Gasteiger partial charge in [-0.1, -0.05) is 6.92 Å². The van der Waals surface area contributed by atoms with Gasteiger partial charge in [0.05, 0.1) is 30.5 Å². The standard InChI is InChI=1S/C18H24N6O/c1-4-24-7-8-25-16(17(24)15-10-21-23(3)12-15)11-20-18-14(9-19)6-5-13(2)22-18/h5-6,10,12,16-17H,4,7-8,11H2,1-3H3,(H,20,22)/t16-,17-/m0/s1. The number of rotatable bonds is 5. The van der Waals surface area contributed by atoms with E-state index >= 15 is 0 Å². The van der Waals surface area contributed by atoms with Crippen molar-refractivity contribution in [3.63, 3.8) is 0 Å². The van der Waals surface area contributed by atoms with Gasteiger partial charge in [0.1, 0.15) is 11.9 Å². The highest BCUT2D eigenvalue weighted by molar-refractivity contribution is 5.52. The summed E-state index contributed by atoms with van der Waals surface area (Å²) >= 11 is 0. The van der Waals surface area contributed by atoms with Crippen molar-refractivity contribution in [3.8, 4) is 6.07 Å². The third-order valence-corrected chi connectivity index (χ3v) is 4.55. The second kappa shape index (κ2) is 7.64. The fourth-order valence-corrected chi connectivity index (χ4v) is 3.31. The van der Waals surface area contributed by atoms with Gasteiger partial charge in [-0.2, -0.15) is 10.4 Å². The lowest BCUT2D eigenvalue weighted by molar-refractivity contribution is -0.0639. The van der Waals surface area contributed by atoms with E-state index in [2.05, 4.69) is 33.3 Å². The number of ether oxygens (including phenoxy) is 1. The Labute approximate surface area is 148 Å². The molecule has 1 fully saturated rings. The third kappa shape index (κ3) is 3.81. The molecule has 3 heterocycles. The van der Waals surface area contributed by atoms with Crippen molar-refractivity contribution in [2.75, 3.05) is 31.6 Å². The summed E-state index contributed by atoms with van der Waals surface area (Å²) in [5.74, 6) is 0.615. The Balaban J connectivity index is 1.80. The lowest BCUT2D eigenvalue weighted by Gasteiger charge is -2.40. The number of aryl methyl sites for hydroxylation is 2. The van der Waals surface area contributed by atoms with E-state index in [1.54, 1.807) is 6.07 Å². The van der Waals surface area contributed by atoms with Crippen molar-refractivity contribution >= 4 is 5.82 Å². The summed E-state index contributed by atoms with van der Waals surface area (Å²) < 4.78 is 7.88. The van der Waals surface area contributed by atoms with Gasteiger partial charge in [-0.15, -0.1) is 0 Å². The highest BCUT2D eigenvalue weighted by Gasteiger charge is 2.33. The topological polar surface area (TPSA) is 79.0 Å². The molecule has 1 aliphatic rings. The van der Waals surface area contributed by atoms with Gasteiger partial charge in [-0.25, -0.2) is 4.98 Å². The van der Waals surface area contributed by atoms with Crippen LogP contribution in [0.2, 0.25) is 0 Å². The summed E-state index contributed by atoms with van der Waals surface area (Å²) in [6.45, 7) is 7.21. The number of hydrogen-bond acceptors (Lipinski definition) is 6. The average molecular weight is 340 g/mol. The molecule has 0 radical (unpaired) electrons. The molecule has 7 nitrogen and oxygen atoms in total. The van der Waals surface area contributed by atoms with Crippen LogP contribution < -0.4 is 5.32 Å². The van der Waals surface area contributed by atoms with E-state index < -0.39 is 0 Å². The van der Waals surface area contributed by atoms with Crippen molar-refractivity contribution in [2.45, 2.75) is 26.0 Å². The fourth-order valence-electron chi connectivity index (χ4n) is 3.31. The number of likely N-dealkylation sites (N-methyl/N-ethyl adjacent to an activating group) is 1. The van der Waals surface area contributed by atoms with Crippen LogP contribution in [0.25, 0.3) is 0 Å². The number of hydrogen-bond donors (Lipinski definition) is 1. The van der Waals surface area contributed by atoms with E-state index in [1.807, 2.05) is 37.1 Å². The summed E-state index contributed by atoms with van der Waals surface area (Å²) in [6.07, 6.45) is 3.91. The van der Waals surface area contributed by atoms with Gasteiger partial charge >= 0.3 is 0 Å². The first-order valence-corrected chi connectivity index (χ1v) is 8.58. The van der Waals surface area contributed by atoms with Crippen LogP contribution in [0.3, 0.4) is 0 Å². The molecule has 0 bridgehead atoms. The Morgan fingerprint density at radius 3 is 2.96 bits per heavy atom. The molecule has 0 spiro atoms. The zero-order chi connectivity index (χ0) is 17.8. The number of nitrogens with one attached hydrogen (secondary N) is 1. The lowest BCUT2D eigenvalue weighted by atomic mass is 10.0. The van der Waals surface area contributed by atoms with Crippen LogP contribution in [0, 0.1) is 18.3 Å². The Morgan fingerprint density at radius 2 is 2.28 bits per heavy atom. The summed E-state index contributed by atoms with van der Waals surface area (Å²) in [6, 6.07) is 5.96. The number of nitrogens with zero attached hydrogens (tertiary/aromatic N) is 5. The summed E-state index contributed by atoms with van der Waals surface area (Å²) in [5, 5.41) is 16.9. The first-order valence-electron chi connectivity index (χ1n) is 8.58. The van der Waals surface area contributed by atoms with Gasteiger partial charge in [0, 0.05) is 37.6 Å². The average Bonchev–Trinajstić information content (AvgIpc) is 3.05. The maximum absolute atomic E-state index is 9.28. The summed E-state index contributed by atoms with van der Waals surface area (Å²) in [5.41, 5.74) is 2.57. The van der Waals surface area contributed by atoms with Crippen molar-refractivity contribution in [1.82, 2.24) is 19.7 Å². The maximum atomic E-state index is 9.28. The number of anilines is 1. The SMILES string of the molecule is CCN1CCO[C@@H](CNc2nc(C)ccc2C#N)[C@@H]1c1cnn(C)c1. The quantitative estimate of drug-likeness (QED) is 0.895. The maximum Gasteiger partial charge on any atom is 0.144 e. The fraction of sp³-hybridized carbons (Fsp3) is 0.500. The predicted molar refractivity (Wildman–Crippen MR) is 95.1 cm³/mol. The van der Waals surface area contributed by atoms with Crippen LogP contribution in [0.5, 0.6) is 0 Å². The molecule has 0 amide bonds. The number of pyridine rings is 1. The van der Waals surface area contributed by atoms with Gasteiger partial charge < -0.3 is 10.1 Å². The minimum Gasteiger partial charge on any atom is -0.373 e. The van der Waals surface area contributed by atoms with Gasteiger partial charge in [0.25, 0.3) is 0 Å². The van der Waals surface area contributed by atoms with Crippen LogP contribution in [0.15, 0.2) is 24.5 Å². The molecule has 2 atom stereocenters. The number of nitriles is 1. The van der Waals surface area contributed by atoms with E-state index in [0.717, 1.165) is 24.3 Å². The molecule has 0 aromatic carbocycles. The van der Waals surface area contributed by atoms with Crippen LogP contribution in [0.1, 0.15) is 29.8 Å². The second-order valence-corrected chi connectivity index (χ2v) is 6.27. The second-order valence-electron chi connectivity index (χ2n) is 6.27. The Hall–Kier alpha value is -2.43. The molecule has 1 N–H and O–H groups in total. The van der Waals surface area contributed by atoms with Gasteiger partial charge in [-0.05, 0) is 25.6 Å². The van der Waals surface area contributed by atoms with E-state index in [9.17, 15) is 5.26 Å². The Morgan fingerprint density at radius 1 is 1.44 bits per heavy atom. The van der Waals surface area contributed by atoms with Gasteiger partial charge in [0.15, 0.2) is 0 Å². The lowest BCUT2D eigenvalue weighted by Crippen LogP contribution is -2.47. The summed E-state index contributed by atoms with van der Waals surface area (Å²) in [4.78, 5) is 6.85. The normalized spacial score (nSPS) is 21.0. The molecule has 1 saturated heterocycles. The minimum atomic E-state index is -0.0354. The van der Waals surface area contributed by atoms with Crippen LogP contribution in [-0.4, -0.2) is 52.0 Å². The highest BCUT2D eigenvalue weighted by Crippen LogP contribution is 2.29. The van der Waals surface area contributed by atoms with Crippen molar-refractivity contribution < 1.29 is 4.74 Å². The zero-order valence-electron chi connectivity index (χ0n) is 14.9. The van der Waals surface area contributed by atoms with Gasteiger partial charge in [0.2, 0.25) is 0 Å². The number of aromatic nitrogens is 3. The molecule has 2 aromatic rings. The van der Waals surface area contributed by atoms with E-state index in [-0.39, 0.29) is 12.1 Å². The molecule has 25 heavy (non-hydrogen) atoms. The molecule has 0 unspecified atom stereocenters. The molecule has 3 rings (SSSR count). The van der Waals surface area contributed by atoms with E-state index in [1.165, 1.54) is 0 Å². The van der Waals surface area contributed by atoms with E-state index in [0.29, 0.717) is 24.5 Å².